The van der Waals surface area contributed by atoms with Gasteiger partial charge in [-0.3, -0.25) is 9.59 Å². The predicted octanol–water partition coefficient (Wildman–Crippen LogP) is 1.72. The van der Waals surface area contributed by atoms with Gasteiger partial charge in [0.25, 0.3) is 0 Å². The fourth-order valence-corrected chi connectivity index (χ4v) is 2.90. The molecular weight excluding hydrogens is 308 g/mol. The van der Waals surface area contributed by atoms with Crippen molar-refractivity contribution in [1.82, 2.24) is 9.80 Å². The quantitative estimate of drug-likeness (QED) is 0.823. The van der Waals surface area contributed by atoms with Gasteiger partial charge in [-0.15, -0.1) is 0 Å². The molecule has 1 aliphatic heterocycles. The van der Waals surface area contributed by atoms with Crippen LogP contribution in [0.3, 0.4) is 0 Å². The molecule has 6 nitrogen and oxygen atoms in total. The summed E-state index contributed by atoms with van der Waals surface area (Å²) in [5, 5.41) is 0. The molecule has 1 heterocycles. The van der Waals surface area contributed by atoms with Crippen molar-refractivity contribution in [3.05, 3.63) is 23.8 Å². The average Bonchev–Trinajstić information content (AvgIpc) is 2.85. The Morgan fingerprint density at radius 2 is 1.54 bits per heavy atom. The second kappa shape index (κ2) is 8.57. The monoisotopic (exact) mass is 334 g/mol. The Bertz CT molecular complexity index is 566. The normalized spacial score (nSPS) is 15.0. The van der Waals surface area contributed by atoms with E-state index >= 15 is 0 Å². The van der Waals surface area contributed by atoms with Crippen LogP contribution in [0, 0.1) is 0 Å². The zero-order valence-corrected chi connectivity index (χ0v) is 14.7. The van der Waals surface area contributed by atoms with E-state index in [4.69, 9.17) is 9.47 Å². The topological polar surface area (TPSA) is 59.1 Å². The number of carbonyl (C=O) groups is 2. The zero-order chi connectivity index (χ0) is 17.5. The maximum atomic E-state index is 12.5. The lowest BCUT2D eigenvalue weighted by Gasteiger charge is -2.21. The highest BCUT2D eigenvalue weighted by Crippen LogP contribution is 2.23. The molecule has 0 radical (unpaired) electrons. The molecule has 0 aromatic heterocycles. The van der Waals surface area contributed by atoms with Crippen LogP contribution < -0.4 is 9.47 Å². The van der Waals surface area contributed by atoms with E-state index in [2.05, 4.69) is 0 Å². The maximum Gasteiger partial charge on any atom is 0.222 e. The number of aryl methyl sites for hydroxylation is 1. The highest BCUT2D eigenvalue weighted by Gasteiger charge is 2.20. The van der Waals surface area contributed by atoms with Gasteiger partial charge in [0.15, 0.2) is 0 Å². The van der Waals surface area contributed by atoms with Gasteiger partial charge in [0.05, 0.1) is 14.2 Å². The standard InChI is InChI=1S/C18H26N2O4/c1-14(21)19-7-4-8-20(10-9-19)18(22)6-5-15-11-16(23-2)13-17(12-15)24-3/h11-13H,4-10H2,1-3H3. The van der Waals surface area contributed by atoms with Crippen molar-refractivity contribution in [3.63, 3.8) is 0 Å². The van der Waals surface area contributed by atoms with Crippen molar-refractivity contribution in [2.75, 3.05) is 40.4 Å². The number of benzene rings is 1. The first-order valence-corrected chi connectivity index (χ1v) is 8.28. The average molecular weight is 334 g/mol. The molecule has 1 saturated heterocycles. The summed E-state index contributed by atoms with van der Waals surface area (Å²) in [6, 6.07) is 5.67. The fraction of sp³-hybridized carbons (Fsp3) is 0.556. The van der Waals surface area contributed by atoms with Crippen LogP contribution in [0.1, 0.15) is 25.3 Å². The highest BCUT2D eigenvalue weighted by atomic mass is 16.5. The van der Waals surface area contributed by atoms with Crippen LogP contribution in [0.25, 0.3) is 0 Å². The first-order chi connectivity index (χ1) is 11.5. The van der Waals surface area contributed by atoms with Gasteiger partial charge in [0.2, 0.25) is 11.8 Å². The van der Waals surface area contributed by atoms with Gasteiger partial charge >= 0.3 is 0 Å². The van der Waals surface area contributed by atoms with Crippen molar-refractivity contribution in [1.29, 1.82) is 0 Å². The van der Waals surface area contributed by atoms with Gasteiger partial charge in [0, 0.05) is 45.6 Å². The molecule has 1 fully saturated rings. The second-order valence-electron chi connectivity index (χ2n) is 5.96. The van der Waals surface area contributed by atoms with Crippen LogP contribution in [0.2, 0.25) is 0 Å². The van der Waals surface area contributed by atoms with E-state index in [1.165, 1.54) is 0 Å². The van der Waals surface area contributed by atoms with Crippen LogP contribution >= 0.6 is 0 Å². The molecule has 0 unspecified atom stereocenters. The SMILES string of the molecule is COc1cc(CCC(=O)N2CCCN(C(C)=O)CC2)cc(OC)c1. The van der Waals surface area contributed by atoms with E-state index in [9.17, 15) is 9.59 Å². The van der Waals surface area contributed by atoms with E-state index < -0.39 is 0 Å². The van der Waals surface area contributed by atoms with Gasteiger partial charge in [0.1, 0.15) is 11.5 Å². The Balaban J connectivity index is 1.92. The van der Waals surface area contributed by atoms with Crippen molar-refractivity contribution in [2.45, 2.75) is 26.2 Å². The maximum absolute atomic E-state index is 12.5. The minimum absolute atomic E-state index is 0.0766. The Morgan fingerprint density at radius 3 is 2.12 bits per heavy atom. The smallest absolute Gasteiger partial charge is 0.222 e. The fourth-order valence-electron chi connectivity index (χ4n) is 2.90. The second-order valence-corrected chi connectivity index (χ2v) is 5.96. The molecule has 2 rings (SSSR count). The summed E-state index contributed by atoms with van der Waals surface area (Å²) >= 11 is 0. The van der Waals surface area contributed by atoms with Gasteiger partial charge in [-0.25, -0.2) is 0 Å². The molecule has 0 N–H and O–H groups in total. The Morgan fingerprint density at radius 1 is 0.958 bits per heavy atom. The molecule has 1 aromatic carbocycles. The van der Waals surface area contributed by atoms with Crippen molar-refractivity contribution < 1.29 is 19.1 Å². The minimum atomic E-state index is 0.0766. The van der Waals surface area contributed by atoms with E-state index in [-0.39, 0.29) is 11.8 Å². The zero-order valence-electron chi connectivity index (χ0n) is 14.7. The summed E-state index contributed by atoms with van der Waals surface area (Å²) < 4.78 is 10.5. The van der Waals surface area contributed by atoms with Gasteiger partial charge < -0.3 is 19.3 Å². The number of hydrogen-bond donors (Lipinski definition) is 0. The Hall–Kier alpha value is -2.24. The molecule has 1 aromatic rings. The number of amides is 2. The third kappa shape index (κ3) is 4.88. The number of carbonyl (C=O) groups excluding carboxylic acids is 2. The number of nitrogens with zero attached hydrogens (tertiary/aromatic N) is 2. The van der Waals surface area contributed by atoms with Crippen LogP contribution in [0.5, 0.6) is 11.5 Å². The summed E-state index contributed by atoms with van der Waals surface area (Å²) in [5.74, 6) is 1.65. The van der Waals surface area contributed by atoms with Crippen molar-refractivity contribution >= 4 is 11.8 Å². The van der Waals surface area contributed by atoms with E-state index in [1.807, 2.05) is 23.1 Å². The number of ether oxygens (including phenoxy) is 2. The van der Waals surface area contributed by atoms with Crippen LogP contribution in [0.15, 0.2) is 18.2 Å². The Kier molecular flexibility index (Phi) is 6.46. The summed E-state index contributed by atoms with van der Waals surface area (Å²) in [7, 11) is 3.23. The predicted molar refractivity (Wildman–Crippen MR) is 91.3 cm³/mol. The lowest BCUT2D eigenvalue weighted by atomic mass is 10.1. The van der Waals surface area contributed by atoms with Crippen molar-refractivity contribution in [2.24, 2.45) is 0 Å². The van der Waals surface area contributed by atoms with Gasteiger partial charge in [-0.2, -0.15) is 0 Å². The molecule has 132 valence electrons. The molecular formula is C18H26N2O4. The summed E-state index contributed by atoms with van der Waals surface area (Å²) in [5.41, 5.74) is 1.01. The summed E-state index contributed by atoms with van der Waals surface area (Å²) in [6.07, 6.45) is 1.91. The van der Waals surface area contributed by atoms with Gasteiger partial charge in [-0.05, 0) is 30.5 Å². The van der Waals surface area contributed by atoms with Gasteiger partial charge in [-0.1, -0.05) is 0 Å². The molecule has 1 aliphatic rings. The summed E-state index contributed by atoms with van der Waals surface area (Å²) in [4.78, 5) is 27.6. The minimum Gasteiger partial charge on any atom is -0.497 e. The van der Waals surface area contributed by atoms with Crippen LogP contribution in [-0.4, -0.2) is 62.0 Å². The lowest BCUT2D eigenvalue weighted by Crippen LogP contribution is -2.36. The number of hydrogen-bond acceptors (Lipinski definition) is 4. The molecule has 0 atom stereocenters. The molecule has 0 bridgehead atoms. The van der Waals surface area contributed by atoms with Crippen molar-refractivity contribution in [3.8, 4) is 11.5 Å². The Labute approximate surface area is 143 Å². The molecule has 0 spiro atoms. The molecule has 24 heavy (non-hydrogen) atoms. The number of methoxy groups -OCH3 is 2. The van der Waals surface area contributed by atoms with E-state index in [0.717, 1.165) is 30.0 Å². The third-order valence-corrected chi connectivity index (χ3v) is 4.33. The first-order valence-electron chi connectivity index (χ1n) is 8.28. The first kappa shape index (κ1) is 18.1. The molecule has 2 amide bonds. The molecule has 0 aliphatic carbocycles. The third-order valence-electron chi connectivity index (χ3n) is 4.33. The molecule has 6 heteroatoms. The van der Waals surface area contributed by atoms with Crippen LogP contribution in [-0.2, 0) is 16.0 Å². The van der Waals surface area contributed by atoms with Crippen LogP contribution in [0.4, 0.5) is 0 Å². The lowest BCUT2D eigenvalue weighted by molar-refractivity contribution is -0.132. The largest absolute Gasteiger partial charge is 0.497 e. The van der Waals surface area contributed by atoms with E-state index in [1.54, 1.807) is 26.0 Å². The number of rotatable bonds is 5. The molecule has 0 saturated carbocycles. The highest BCUT2D eigenvalue weighted by molar-refractivity contribution is 5.77. The summed E-state index contributed by atoms with van der Waals surface area (Å²) in [6.45, 7) is 4.25. The van der Waals surface area contributed by atoms with E-state index in [0.29, 0.717) is 32.5 Å².